The molecule has 2 heterocycles. The molecule has 0 radical (unpaired) electrons. The van der Waals surface area contributed by atoms with Crippen LogP contribution in [0.25, 0.3) is 0 Å². The maximum atomic E-state index is 12.7. The lowest BCUT2D eigenvalue weighted by molar-refractivity contribution is 0.0303. The van der Waals surface area contributed by atoms with Gasteiger partial charge in [-0.15, -0.1) is 0 Å². The van der Waals surface area contributed by atoms with E-state index < -0.39 is 0 Å². The second-order valence-corrected chi connectivity index (χ2v) is 6.05. The van der Waals surface area contributed by atoms with Crippen LogP contribution in [0.4, 0.5) is 5.69 Å². The number of morpholine rings is 1. The van der Waals surface area contributed by atoms with Gasteiger partial charge in [0.05, 0.1) is 24.5 Å². The number of carbonyl (C=O) groups excluding carboxylic acids is 2. The monoisotopic (exact) mass is 338 g/mol. The first kappa shape index (κ1) is 15.7. The fourth-order valence-corrected chi connectivity index (χ4v) is 3.09. The van der Waals surface area contributed by atoms with Crippen molar-refractivity contribution in [2.75, 3.05) is 38.3 Å². The van der Waals surface area contributed by atoms with E-state index in [0.29, 0.717) is 54.6 Å². The quantitative estimate of drug-likeness (QED) is 0.802. The van der Waals surface area contributed by atoms with Gasteiger partial charge in [-0.05, 0) is 30.3 Å². The average molecular weight is 338 g/mol. The van der Waals surface area contributed by atoms with Gasteiger partial charge in [0, 0.05) is 25.7 Å². The Bertz CT molecular complexity index is 843. The summed E-state index contributed by atoms with van der Waals surface area (Å²) in [5.74, 6) is 0.851. The number of hydrogen-bond donors (Lipinski definition) is 0. The smallest absolute Gasteiger partial charge is 0.261 e. The molecule has 0 spiro atoms. The highest BCUT2D eigenvalue weighted by Gasteiger charge is 2.27. The summed E-state index contributed by atoms with van der Waals surface area (Å²) in [5, 5.41) is 0. The molecule has 0 unspecified atom stereocenters. The first-order valence-electron chi connectivity index (χ1n) is 8.21. The zero-order chi connectivity index (χ0) is 17.4. The minimum atomic E-state index is -0.162. The Morgan fingerprint density at radius 3 is 2.60 bits per heavy atom. The molecule has 25 heavy (non-hydrogen) atoms. The molecule has 2 aliphatic rings. The summed E-state index contributed by atoms with van der Waals surface area (Å²) in [5.41, 5.74) is 1.62. The number of benzene rings is 2. The molecule has 128 valence electrons. The molecule has 2 amide bonds. The van der Waals surface area contributed by atoms with Crippen LogP contribution < -0.4 is 9.64 Å². The van der Waals surface area contributed by atoms with E-state index >= 15 is 0 Å². The van der Waals surface area contributed by atoms with Crippen molar-refractivity contribution in [2.24, 2.45) is 0 Å². The van der Waals surface area contributed by atoms with Gasteiger partial charge >= 0.3 is 0 Å². The van der Waals surface area contributed by atoms with Gasteiger partial charge in [-0.2, -0.15) is 0 Å². The second-order valence-electron chi connectivity index (χ2n) is 6.05. The van der Waals surface area contributed by atoms with Crippen molar-refractivity contribution in [1.82, 2.24) is 4.90 Å². The molecule has 6 heteroatoms. The van der Waals surface area contributed by atoms with Crippen molar-refractivity contribution < 1.29 is 19.1 Å². The third kappa shape index (κ3) is 2.74. The lowest BCUT2D eigenvalue weighted by Gasteiger charge is -2.27. The van der Waals surface area contributed by atoms with Crippen LogP contribution in [-0.4, -0.2) is 50.1 Å². The highest BCUT2D eigenvalue weighted by molar-refractivity contribution is 6.10. The predicted molar refractivity (Wildman–Crippen MR) is 92.4 cm³/mol. The van der Waals surface area contributed by atoms with E-state index in [9.17, 15) is 9.59 Å². The van der Waals surface area contributed by atoms with E-state index in [1.807, 2.05) is 6.07 Å². The van der Waals surface area contributed by atoms with Gasteiger partial charge in [-0.25, -0.2) is 0 Å². The molecule has 0 N–H and O–H groups in total. The summed E-state index contributed by atoms with van der Waals surface area (Å²) < 4.78 is 11.2. The summed E-state index contributed by atoms with van der Waals surface area (Å²) >= 11 is 0. The third-order valence-electron chi connectivity index (χ3n) is 4.51. The topological polar surface area (TPSA) is 59.1 Å². The molecule has 0 aliphatic carbocycles. The standard InChI is InChI=1S/C19H18N2O4/c1-20-15-12-13(18(22)21-8-10-24-11-9-21)6-7-17(15)25-16-5-3-2-4-14(16)19(20)23/h2-7,12H,8-11H2,1H3. The molecule has 2 aromatic carbocycles. The third-order valence-corrected chi connectivity index (χ3v) is 4.51. The molecule has 4 rings (SSSR count). The van der Waals surface area contributed by atoms with Gasteiger partial charge in [-0.3, -0.25) is 9.59 Å². The van der Waals surface area contributed by atoms with Crippen LogP contribution in [0.3, 0.4) is 0 Å². The Hall–Kier alpha value is -2.86. The Morgan fingerprint density at radius 2 is 1.80 bits per heavy atom. The normalized spacial score (nSPS) is 16.6. The van der Waals surface area contributed by atoms with E-state index in [1.54, 1.807) is 48.3 Å². The highest BCUT2D eigenvalue weighted by Crippen LogP contribution is 2.38. The molecule has 1 fully saturated rings. The molecule has 2 aromatic rings. The number of nitrogens with zero attached hydrogens (tertiary/aromatic N) is 2. The van der Waals surface area contributed by atoms with Gasteiger partial charge in [-0.1, -0.05) is 12.1 Å². The maximum absolute atomic E-state index is 12.7. The van der Waals surface area contributed by atoms with Gasteiger partial charge in [0.1, 0.15) is 5.75 Å². The molecule has 0 bridgehead atoms. The lowest BCUT2D eigenvalue weighted by Crippen LogP contribution is -2.40. The van der Waals surface area contributed by atoms with E-state index in [-0.39, 0.29) is 11.8 Å². The largest absolute Gasteiger partial charge is 0.454 e. The molecule has 0 saturated carbocycles. The summed E-state index contributed by atoms with van der Waals surface area (Å²) in [7, 11) is 1.69. The number of carbonyl (C=O) groups is 2. The van der Waals surface area contributed by atoms with E-state index in [2.05, 4.69) is 0 Å². The Labute approximate surface area is 145 Å². The van der Waals surface area contributed by atoms with Gasteiger partial charge in [0.25, 0.3) is 11.8 Å². The fourth-order valence-electron chi connectivity index (χ4n) is 3.09. The molecule has 0 aromatic heterocycles. The number of rotatable bonds is 1. The lowest BCUT2D eigenvalue weighted by atomic mass is 10.1. The molecule has 0 atom stereocenters. The first-order chi connectivity index (χ1) is 12.1. The number of hydrogen-bond acceptors (Lipinski definition) is 4. The number of anilines is 1. The zero-order valence-corrected chi connectivity index (χ0v) is 13.9. The molecular weight excluding hydrogens is 320 g/mol. The van der Waals surface area contributed by atoms with Crippen molar-refractivity contribution in [1.29, 1.82) is 0 Å². The van der Waals surface area contributed by atoms with Crippen molar-refractivity contribution >= 4 is 17.5 Å². The number of fused-ring (bicyclic) bond motifs is 2. The van der Waals surface area contributed by atoms with Crippen molar-refractivity contribution in [3.63, 3.8) is 0 Å². The highest BCUT2D eigenvalue weighted by atomic mass is 16.5. The van der Waals surface area contributed by atoms with Gasteiger partial charge in [0.2, 0.25) is 0 Å². The number of amides is 2. The summed E-state index contributed by atoms with van der Waals surface area (Å²) in [6.07, 6.45) is 0. The molecule has 6 nitrogen and oxygen atoms in total. The second kappa shape index (κ2) is 6.22. The van der Waals surface area contributed by atoms with Crippen molar-refractivity contribution in [3.8, 4) is 11.5 Å². The van der Waals surface area contributed by atoms with Crippen molar-refractivity contribution in [3.05, 3.63) is 53.6 Å². The first-order valence-corrected chi connectivity index (χ1v) is 8.21. The Morgan fingerprint density at radius 1 is 1.04 bits per heavy atom. The van der Waals surface area contributed by atoms with Gasteiger partial charge in [0.15, 0.2) is 5.75 Å². The minimum absolute atomic E-state index is 0.0614. The van der Waals surface area contributed by atoms with E-state index in [1.165, 1.54) is 4.90 Å². The fraction of sp³-hybridized carbons (Fsp3) is 0.263. The van der Waals surface area contributed by atoms with Crippen LogP contribution in [0, 0.1) is 0 Å². The van der Waals surface area contributed by atoms with E-state index in [0.717, 1.165) is 0 Å². The maximum Gasteiger partial charge on any atom is 0.261 e. The van der Waals surface area contributed by atoms with Crippen LogP contribution >= 0.6 is 0 Å². The zero-order valence-electron chi connectivity index (χ0n) is 13.9. The van der Waals surface area contributed by atoms with Crippen LogP contribution in [0.15, 0.2) is 42.5 Å². The molecular formula is C19H18N2O4. The van der Waals surface area contributed by atoms with Crippen molar-refractivity contribution in [2.45, 2.75) is 0 Å². The van der Waals surface area contributed by atoms with Crippen LogP contribution in [0.1, 0.15) is 20.7 Å². The molecule has 1 saturated heterocycles. The number of ether oxygens (including phenoxy) is 2. The Balaban J connectivity index is 1.71. The van der Waals surface area contributed by atoms with E-state index in [4.69, 9.17) is 9.47 Å². The van der Waals surface area contributed by atoms with Crippen LogP contribution in [0.5, 0.6) is 11.5 Å². The van der Waals surface area contributed by atoms with Crippen LogP contribution in [0.2, 0.25) is 0 Å². The number of para-hydroxylation sites is 1. The van der Waals surface area contributed by atoms with Gasteiger partial charge < -0.3 is 19.3 Å². The summed E-state index contributed by atoms with van der Waals surface area (Å²) in [6, 6.07) is 12.3. The van der Waals surface area contributed by atoms with Crippen LogP contribution in [-0.2, 0) is 4.74 Å². The Kier molecular flexibility index (Phi) is 3.89. The predicted octanol–water partition coefficient (Wildman–Crippen LogP) is 2.54. The summed E-state index contributed by atoms with van der Waals surface area (Å²) in [4.78, 5) is 28.7. The molecule has 2 aliphatic heterocycles. The summed E-state index contributed by atoms with van der Waals surface area (Å²) in [6.45, 7) is 2.25. The SMILES string of the molecule is CN1C(=O)c2ccccc2Oc2ccc(C(=O)N3CCOCC3)cc21. The average Bonchev–Trinajstić information content (AvgIpc) is 2.77. The minimum Gasteiger partial charge on any atom is -0.454 e.